The van der Waals surface area contributed by atoms with Crippen molar-refractivity contribution >= 4 is 5.97 Å². The molecule has 1 aromatic rings. The minimum absolute atomic E-state index is 0.424. The topological polar surface area (TPSA) is 67.2 Å². The van der Waals surface area contributed by atoms with Crippen molar-refractivity contribution in [2.45, 2.75) is 51.6 Å². The fraction of sp³-hybridized carbons (Fsp3) is 0.692. The van der Waals surface area contributed by atoms with Crippen LogP contribution in [0, 0.1) is 6.92 Å². The van der Waals surface area contributed by atoms with Gasteiger partial charge in [0.15, 0.2) is 0 Å². The predicted molar refractivity (Wildman–Crippen MR) is 68.7 cm³/mol. The number of fused-ring (bicyclic) bond motifs is 1. The van der Waals surface area contributed by atoms with E-state index in [2.05, 4.69) is 14.9 Å². The Balaban J connectivity index is 2.34. The van der Waals surface area contributed by atoms with Gasteiger partial charge in [-0.2, -0.15) is 0 Å². The van der Waals surface area contributed by atoms with Crippen molar-refractivity contribution in [2.24, 2.45) is 0 Å². The Kier molecular flexibility index (Phi) is 3.43. The minimum Gasteiger partial charge on any atom is -0.480 e. The molecule has 0 aliphatic heterocycles. The molecule has 2 N–H and O–H groups in total. The molecule has 5 nitrogen and oxygen atoms in total. The molecule has 0 saturated carbocycles. The van der Waals surface area contributed by atoms with Gasteiger partial charge in [0.25, 0.3) is 0 Å². The van der Waals surface area contributed by atoms with Crippen molar-refractivity contribution in [3.05, 3.63) is 17.2 Å². The first-order valence-electron chi connectivity index (χ1n) is 6.45. The Morgan fingerprint density at radius 2 is 2.17 bits per heavy atom. The predicted octanol–water partition coefficient (Wildman–Crippen LogP) is 1.13. The zero-order chi connectivity index (χ0) is 13.3. The lowest BCUT2D eigenvalue weighted by Crippen LogP contribution is -2.51. The second kappa shape index (κ2) is 4.72. The van der Waals surface area contributed by atoms with Crippen molar-refractivity contribution in [1.82, 2.24) is 14.9 Å². The average molecular weight is 251 g/mol. The van der Waals surface area contributed by atoms with Gasteiger partial charge in [-0.25, -0.2) is 4.98 Å². The summed E-state index contributed by atoms with van der Waals surface area (Å²) in [6.45, 7) is 4.09. The number of carbonyl (C=O) groups is 1. The summed E-state index contributed by atoms with van der Waals surface area (Å²) in [5.74, 6) is 0.0901. The molecule has 100 valence electrons. The lowest BCUT2D eigenvalue weighted by molar-refractivity contribution is -0.144. The van der Waals surface area contributed by atoms with E-state index >= 15 is 0 Å². The molecule has 0 amide bonds. The molecule has 1 aliphatic carbocycles. The Labute approximate surface area is 107 Å². The van der Waals surface area contributed by atoms with Gasteiger partial charge < -0.3 is 15.0 Å². The average Bonchev–Trinajstić information content (AvgIpc) is 2.65. The van der Waals surface area contributed by atoms with E-state index in [1.807, 2.05) is 6.92 Å². The summed E-state index contributed by atoms with van der Waals surface area (Å²) in [6.07, 6.45) is 4.38. The number of carboxylic acid groups (broad SMARTS) is 1. The summed E-state index contributed by atoms with van der Waals surface area (Å²) in [5, 5.41) is 12.2. The van der Waals surface area contributed by atoms with Crippen LogP contribution in [0.2, 0.25) is 0 Å². The summed E-state index contributed by atoms with van der Waals surface area (Å²) in [6, 6.07) is 0. The number of aliphatic carboxylic acids is 1. The van der Waals surface area contributed by atoms with Crippen molar-refractivity contribution in [1.29, 1.82) is 0 Å². The third-order valence-electron chi connectivity index (χ3n) is 3.92. The molecule has 5 heteroatoms. The summed E-state index contributed by atoms with van der Waals surface area (Å²) in [5.41, 5.74) is 1.43. The maximum Gasteiger partial charge on any atom is 0.325 e. The van der Waals surface area contributed by atoms with Gasteiger partial charge in [0.2, 0.25) is 0 Å². The number of rotatable bonds is 4. The fourth-order valence-corrected chi connectivity index (χ4v) is 2.52. The lowest BCUT2D eigenvalue weighted by atomic mass is 9.99. The van der Waals surface area contributed by atoms with Crippen LogP contribution in [0.3, 0.4) is 0 Å². The van der Waals surface area contributed by atoms with Gasteiger partial charge in [-0.1, -0.05) is 0 Å². The number of imidazole rings is 1. The quantitative estimate of drug-likeness (QED) is 0.842. The van der Waals surface area contributed by atoms with Gasteiger partial charge >= 0.3 is 5.97 Å². The van der Waals surface area contributed by atoms with Gasteiger partial charge in [-0.3, -0.25) is 4.79 Å². The highest BCUT2D eigenvalue weighted by molar-refractivity contribution is 5.78. The number of likely N-dealkylation sites (N-methyl/N-ethyl adjacent to an activating group) is 1. The van der Waals surface area contributed by atoms with Gasteiger partial charge in [0, 0.05) is 5.69 Å². The molecule has 0 saturated heterocycles. The molecule has 1 unspecified atom stereocenters. The second-order valence-corrected chi connectivity index (χ2v) is 5.23. The normalized spacial score (nSPS) is 18.2. The summed E-state index contributed by atoms with van der Waals surface area (Å²) in [4.78, 5) is 15.9. The first-order chi connectivity index (χ1) is 8.48. The molecule has 0 radical (unpaired) electrons. The molecule has 0 fully saturated rings. The third-order valence-corrected chi connectivity index (χ3v) is 3.92. The van der Waals surface area contributed by atoms with Crippen LogP contribution in [-0.2, 0) is 24.2 Å². The van der Waals surface area contributed by atoms with Crippen LogP contribution < -0.4 is 5.32 Å². The van der Waals surface area contributed by atoms with Crippen LogP contribution in [0.25, 0.3) is 0 Å². The van der Waals surface area contributed by atoms with Gasteiger partial charge in [0.1, 0.15) is 11.4 Å². The smallest absolute Gasteiger partial charge is 0.325 e. The number of nitrogens with zero attached hydrogens (tertiary/aromatic N) is 2. The number of hydrogen-bond acceptors (Lipinski definition) is 3. The first kappa shape index (κ1) is 13.1. The number of nitrogens with one attached hydrogen (secondary N) is 1. The van der Waals surface area contributed by atoms with E-state index in [9.17, 15) is 9.90 Å². The third kappa shape index (κ3) is 2.14. The minimum atomic E-state index is -0.948. The Bertz CT molecular complexity index is 467. The number of carboxylic acids is 1. The maximum absolute atomic E-state index is 11.4. The zero-order valence-corrected chi connectivity index (χ0v) is 11.3. The van der Waals surface area contributed by atoms with E-state index < -0.39 is 11.5 Å². The van der Waals surface area contributed by atoms with Crippen molar-refractivity contribution in [2.75, 3.05) is 7.05 Å². The molecule has 1 atom stereocenters. The summed E-state index contributed by atoms with van der Waals surface area (Å²) in [7, 11) is 1.69. The SMILES string of the molecule is CNC(C)(Cn1c(C)nc2c1CCCC2)C(=O)O. The fourth-order valence-electron chi connectivity index (χ4n) is 2.52. The Hall–Kier alpha value is -1.36. The molecular weight excluding hydrogens is 230 g/mol. The van der Waals surface area contributed by atoms with E-state index in [0.29, 0.717) is 6.54 Å². The molecule has 0 spiro atoms. The molecular formula is C13H21N3O2. The van der Waals surface area contributed by atoms with Crippen LogP contribution in [0.4, 0.5) is 0 Å². The van der Waals surface area contributed by atoms with E-state index in [4.69, 9.17) is 0 Å². The molecule has 0 aromatic carbocycles. The summed E-state index contributed by atoms with van der Waals surface area (Å²) >= 11 is 0. The van der Waals surface area contributed by atoms with E-state index in [0.717, 1.165) is 24.4 Å². The second-order valence-electron chi connectivity index (χ2n) is 5.23. The van der Waals surface area contributed by atoms with Crippen LogP contribution in [0.1, 0.15) is 37.0 Å². The maximum atomic E-state index is 11.4. The lowest BCUT2D eigenvalue weighted by Gasteiger charge is -2.27. The monoisotopic (exact) mass is 251 g/mol. The molecule has 1 aliphatic rings. The number of aryl methyl sites for hydroxylation is 2. The first-order valence-corrected chi connectivity index (χ1v) is 6.45. The van der Waals surface area contributed by atoms with Crippen molar-refractivity contribution < 1.29 is 9.90 Å². The number of aromatic nitrogens is 2. The van der Waals surface area contributed by atoms with Crippen molar-refractivity contribution in [3.8, 4) is 0 Å². The molecule has 0 bridgehead atoms. The molecule has 2 rings (SSSR count). The Morgan fingerprint density at radius 1 is 1.50 bits per heavy atom. The number of hydrogen-bond donors (Lipinski definition) is 2. The molecule has 1 heterocycles. The van der Waals surface area contributed by atoms with Gasteiger partial charge in [-0.05, 0) is 46.6 Å². The highest BCUT2D eigenvalue weighted by Crippen LogP contribution is 2.23. The largest absolute Gasteiger partial charge is 0.480 e. The van der Waals surface area contributed by atoms with Crippen LogP contribution in [0.5, 0.6) is 0 Å². The standard InChI is InChI=1S/C13H21N3O2/c1-9-15-10-6-4-5-7-11(10)16(9)8-13(2,14-3)12(17)18/h14H,4-8H2,1-3H3,(H,17,18). The summed E-state index contributed by atoms with van der Waals surface area (Å²) < 4.78 is 2.07. The van der Waals surface area contributed by atoms with E-state index in [-0.39, 0.29) is 0 Å². The highest BCUT2D eigenvalue weighted by atomic mass is 16.4. The van der Waals surface area contributed by atoms with Crippen LogP contribution in [0.15, 0.2) is 0 Å². The van der Waals surface area contributed by atoms with Crippen LogP contribution in [-0.4, -0.2) is 33.2 Å². The Morgan fingerprint density at radius 3 is 2.78 bits per heavy atom. The van der Waals surface area contributed by atoms with E-state index in [1.165, 1.54) is 18.5 Å². The molecule has 18 heavy (non-hydrogen) atoms. The van der Waals surface area contributed by atoms with E-state index in [1.54, 1.807) is 14.0 Å². The zero-order valence-electron chi connectivity index (χ0n) is 11.3. The van der Waals surface area contributed by atoms with Crippen LogP contribution >= 0.6 is 0 Å². The van der Waals surface area contributed by atoms with Gasteiger partial charge in [-0.15, -0.1) is 0 Å². The van der Waals surface area contributed by atoms with Crippen molar-refractivity contribution in [3.63, 3.8) is 0 Å². The highest BCUT2D eigenvalue weighted by Gasteiger charge is 2.33. The van der Waals surface area contributed by atoms with Gasteiger partial charge in [0.05, 0.1) is 12.2 Å². The molecule has 1 aromatic heterocycles.